The van der Waals surface area contributed by atoms with Gasteiger partial charge in [0.2, 0.25) is 0 Å². The Balaban J connectivity index is 2.81. The fourth-order valence-electron chi connectivity index (χ4n) is 1.63. The Hall–Kier alpha value is -0.800. The molecule has 88 valence electrons. The zero-order valence-corrected chi connectivity index (χ0v) is 11.7. The lowest BCUT2D eigenvalue weighted by molar-refractivity contribution is 0.615. The highest BCUT2D eigenvalue weighted by Crippen LogP contribution is 2.24. The van der Waals surface area contributed by atoms with E-state index < -0.39 is 0 Å². The molecule has 1 atom stereocenters. The van der Waals surface area contributed by atoms with Crippen LogP contribution in [0.5, 0.6) is 0 Å². The molecule has 1 aromatic carbocycles. The van der Waals surface area contributed by atoms with Crippen molar-refractivity contribution in [1.82, 2.24) is 5.32 Å². The van der Waals surface area contributed by atoms with Crippen LogP contribution in [-0.4, -0.2) is 20.6 Å². The first-order valence-electron chi connectivity index (χ1n) is 5.35. The van der Waals surface area contributed by atoms with Crippen LogP contribution in [0.3, 0.4) is 0 Å². The van der Waals surface area contributed by atoms with Crippen LogP contribution in [-0.2, 0) is 0 Å². The Morgan fingerprint density at radius 1 is 1.44 bits per heavy atom. The van der Waals surface area contributed by atoms with Crippen molar-refractivity contribution < 1.29 is 0 Å². The first-order valence-corrected chi connectivity index (χ1v) is 6.14. The summed E-state index contributed by atoms with van der Waals surface area (Å²) in [4.78, 5) is 2.14. The van der Waals surface area contributed by atoms with E-state index in [0.717, 1.165) is 11.0 Å². The second-order valence-electron chi connectivity index (χ2n) is 4.07. The van der Waals surface area contributed by atoms with E-state index in [9.17, 15) is 0 Å². The van der Waals surface area contributed by atoms with Gasteiger partial charge in [0.1, 0.15) is 0 Å². The van der Waals surface area contributed by atoms with Gasteiger partial charge in [0.15, 0.2) is 0 Å². The van der Waals surface area contributed by atoms with Gasteiger partial charge in [-0.25, -0.2) is 0 Å². The molecular formula is C13H19BrN2. The number of nitrogens with zero attached hydrogens (tertiary/aromatic N) is 1. The molecule has 2 nitrogen and oxygen atoms in total. The summed E-state index contributed by atoms with van der Waals surface area (Å²) in [5, 5.41) is 3.42. The predicted molar refractivity (Wildman–Crippen MR) is 75.3 cm³/mol. The molecule has 1 N–H and O–H groups in total. The van der Waals surface area contributed by atoms with Crippen LogP contribution in [0.1, 0.15) is 18.5 Å². The lowest BCUT2D eigenvalue weighted by atomic mass is 10.1. The summed E-state index contributed by atoms with van der Waals surface area (Å²) >= 11 is 3.36. The number of benzene rings is 1. The van der Waals surface area contributed by atoms with E-state index in [4.69, 9.17) is 0 Å². The monoisotopic (exact) mass is 282 g/mol. The van der Waals surface area contributed by atoms with Crippen LogP contribution in [0, 0.1) is 0 Å². The first kappa shape index (κ1) is 13.3. The summed E-state index contributed by atoms with van der Waals surface area (Å²) in [7, 11) is 4.13. The molecule has 0 aliphatic rings. The summed E-state index contributed by atoms with van der Waals surface area (Å²) in [5.74, 6) is 0. The zero-order chi connectivity index (χ0) is 12.1. The van der Waals surface area contributed by atoms with E-state index in [1.807, 2.05) is 0 Å². The van der Waals surface area contributed by atoms with Gasteiger partial charge in [-0.15, -0.1) is 0 Å². The van der Waals surface area contributed by atoms with Crippen LogP contribution in [0.25, 0.3) is 0 Å². The first-order chi connectivity index (χ1) is 7.52. The van der Waals surface area contributed by atoms with Crippen LogP contribution in [0.4, 0.5) is 5.69 Å². The van der Waals surface area contributed by atoms with Gasteiger partial charge in [-0.3, -0.25) is 0 Å². The molecule has 1 unspecified atom stereocenters. The Morgan fingerprint density at radius 2 is 2.06 bits per heavy atom. The molecule has 1 rings (SSSR count). The van der Waals surface area contributed by atoms with Gasteiger partial charge in [-0.05, 0) is 18.6 Å². The third-order valence-corrected chi connectivity index (χ3v) is 2.77. The standard InChI is InChI=1S/C13H19BrN2/c1-10(14)9-15-11(2)12-7-5-6-8-13(12)16(3)4/h5-8,11,15H,1,9H2,2-4H3. The highest BCUT2D eigenvalue weighted by molar-refractivity contribution is 9.11. The maximum Gasteiger partial charge on any atom is 0.0409 e. The van der Waals surface area contributed by atoms with Gasteiger partial charge in [0, 0.05) is 36.9 Å². The summed E-state index contributed by atoms with van der Waals surface area (Å²) in [6.07, 6.45) is 0. The second kappa shape index (κ2) is 6.06. The topological polar surface area (TPSA) is 15.3 Å². The van der Waals surface area contributed by atoms with E-state index >= 15 is 0 Å². The highest BCUT2D eigenvalue weighted by Gasteiger charge is 2.10. The summed E-state index contributed by atoms with van der Waals surface area (Å²) in [5.41, 5.74) is 2.56. The van der Waals surface area contributed by atoms with E-state index in [2.05, 4.69) is 78.0 Å². The van der Waals surface area contributed by atoms with Gasteiger partial charge >= 0.3 is 0 Å². The van der Waals surface area contributed by atoms with Crippen molar-refractivity contribution >= 4 is 21.6 Å². The minimum absolute atomic E-state index is 0.313. The number of rotatable bonds is 5. The van der Waals surface area contributed by atoms with Crippen LogP contribution < -0.4 is 10.2 Å². The third-order valence-electron chi connectivity index (χ3n) is 2.49. The normalized spacial score (nSPS) is 12.2. The molecule has 0 saturated heterocycles. The summed E-state index contributed by atoms with van der Waals surface area (Å²) in [6.45, 7) is 6.77. The Morgan fingerprint density at radius 3 is 2.62 bits per heavy atom. The number of hydrogen-bond donors (Lipinski definition) is 1. The summed E-state index contributed by atoms with van der Waals surface area (Å²) in [6, 6.07) is 8.74. The van der Waals surface area contributed by atoms with Crippen molar-refractivity contribution in [2.75, 3.05) is 25.5 Å². The van der Waals surface area contributed by atoms with Gasteiger partial charge in [-0.1, -0.05) is 40.7 Å². The van der Waals surface area contributed by atoms with Crippen LogP contribution >= 0.6 is 15.9 Å². The molecular weight excluding hydrogens is 264 g/mol. The van der Waals surface area contributed by atoms with Gasteiger partial charge in [0.05, 0.1) is 0 Å². The van der Waals surface area contributed by atoms with Crippen molar-refractivity contribution in [3.05, 3.63) is 40.9 Å². The van der Waals surface area contributed by atoms with E-state index in [0.29, 0.717) is 6.04 Å². The maximum atomic E-state index is 3.82. The number of hydrogen-bond acceptors (Lipinski definition) is 2. The highest BCUT2D eigenvalue weighted by atomic mass is 79.9. The number of anilines is 1. The van der Waals surface area contributed by atoms with Crippen molar-refractivity contribution in [3.8, 4) is 0 Å². The minimum Gasteiger partial charge on any atom is -0.377 e. The lowest BCUT2D eigenvalue weighted by Gasteiger charge is -2.22. The van der Waals surface area contributed by atoms with Crippen LogP contribution in [0.15, 0.2) is 35.3 Å². The van der Waals surface area contributed by atoms with Gasteiger partial charge < -0.3 is 10.2 Å². The number of nitrogens with one attached hydrogen (secondary N) is 1. The Bertz CT molecular complexity index is 361. The van der Waals surface area contributed by atoms with Crippen molar-refractivity contribution in [2.45, 2.75) is 13.0 Å². The molecule has 3 heteroatoms. The number of para-hydroxylation sites is 1. The SMILES string of the molecule is C=C(Br)CNC(C)c1ccccc1N(C)C. The molecule has 0 aliphatic carbocycles. The van der Waals surface area contributed by atoms with Crippen LogP contribution in [0.2, 0.25) is 0 Å². The van der Waals surface area contributed by atoms with Gasteiger partial charge in [-0.2, -0.15) is 0 Å². The predicted octanol–water partition coefficient (Wildman–Crippen LogP) is 3.31. The molecule has 0 aromatic heterocycles. The molecule has 0 spiro atoms. The molecule has 0 amide bonds. The van der Waals surface area contributed by atoms with E-state index in [1.165, 1.54) is 11.3 Å². The van der Waals surface area contributed by atoms with E-state index in [-0.39, 0.29) is 0 Å². The quantitative estimate of drug-likeness (QED) is 0.892. The van der Waals surface area contributed by atoms with Crippen molar-refractivity contribution in [3.63, 3.8) is 0 Å². The largest absolute Gasteiger partial charge is 0.377 e. The van der Waals surface area contributed by atoms with Gasteiger partial charge in [0.25, 0.3) is 0 Å². The molecule has 0 radical (unpaired) electrons. The van der Waals surface area contributed by atoms with E-state index in [1.54, 1.807) is 0 Å². The molecule has 0 aliphatic heterocycles. The fourth-order valence-corrected chi connectivity index (χ4v) is 1.80. The molecule has 0 fully saturated rings. The molecule has 1 aromatic rings. The lowest BCUT2D eigenvalue weighted by Crippen LogP contribution is -2.22. The molecule has 0 saturated carbocycles. The minimum atomic E-state index is 0.313. The Kier molecular flexibility index (Phi) is 5.03. The average molecular weight is 283 g/mol. The molecule has 16 heavy (non-hydrogen) atoms. The average Bonchev–Trinajstić information content (AvgIpc) is 2.25. The second-order valence-corrected chi connectivity index (χ2v) is 5.19. The van der Waals surface area contributed by atoms with Crippen molar-refractivity contribution in [2.24, 2.45) is 0 Å². The Labute approximate surface area is 106 Å². The number of halogens is 1. The smallest absolute Gasteiger partial charge is 0.0409 e. The zero-order valence-electron chi connectivity index (χ0n) is 10.1. The third kappa shape index (κ3) is 3.65. The maximum absolute atomic E-state index is 3.82. The summed E-state index contributed by atoms with van der Waals surface area (Å²) < 4.78 is 0.974. The molecule has 0 heterocycles. The van der Waals surface area contributed by atoms with Crippen molar-refractivity contribution in [1.29, 1.82) is 0 Å². The molecule has 0 bridgehead atoms. The fraction of sp³-hybridized carbons (Fsp3) is 0.385.